The van der Waals surface area contributed by atoms with Crippen molar-refractivity contribution < 1.29 is 19.8 Å². The van der Waals surface area contributed by atoms with E-state index in [0.29, 0.717) is 13.0 Å². The molecular weight excluding hydrogens is 224 g/mol. The minimum Gasteiger partial charge on any atom is -0.481 e. The van der Waals surface area contributed by atoms with E-state index in [1.54, 1.807) is 6.92 Å². The molecule has 3 atom stereocenters. The van der Waals surface area contributed by atoms with Gasteiger partial charge in [-0.2, -0.15) is 0 Å². The van der Waals surface area contributed by atoms with Crippen LogP contribution in [0.5, 0.6) is 0 Å². The van der Waals surface area contributed by atoms with Gasteiger partial charge in [0.15, 0.2) is 0 Å². The summed E-state index contributed by atoms with van der Waals surface area (Å²) in [7, 11) is 3.66. The molecule has 0 aromatic heterocycles. The van der Waals surface area contributed by atoms with Crippen LogP contribution in [0, 0.1) is 11.8 Å². The zero-order chi connectivity index (χ0) is 13.2. The van der Waals surface area contributed by atoms with Crippen molar-refractivity contribution in [3.05, 3.63) is 0 Å². The number of aliphatic carboxylic acids is 1. The number of carbonyl (C=O) groups excluding carboxylic acids is 1. The lowest BCUT2D eigenvalue weighted by atomic mass is 10.1. The maximum absolute atomic E-state index is 11.6. The molecule has 0 aliphatic heterocycles. The van der Waals surface area contributed by atoms with Crippen LogP contribution in [0.2, 0.25) is 0 Å². The van der Waals surface area contributed by atoms with E-state index in [0.717, 1.165) is 0 Å². The van der Waals surface area contributed by atoms with Gasteiger partial charge in [0.1, 0.15) is 0 Å². The average Bonchev–Trinajstić information content (AvgIpc) is 2.91. The predicted molar refractivity (Wildman–Crippen MR) is 61.4 cm³/mol. The van der Waals surface area contributed by atoms with E-state index in [9.17, 15) is 14.7 Å². The van der Waals surface area contributed by atoms with Crippen molar-refractivity contribution in [1.29, 1.82) is 0 Å². The number of rotatable bonds is 6. The molecule has 1 amide bonds. The molecule has 0 bridgehead atoms. The number of nitrogens with zero attached hydrogens (tertiary/aromatic N) is 1. The van der Waals surface area contributed by atoms with Gasteiger partial charge in [0.25, 0.3) is 0 Å². The molecule has 6 heteroatoms. The van der Waals surface area contributed by atoms with Gasteiger partial charge in [-0.25, -0.2) is 0 Å². The number of carboxylic acid groups (broad SMARTS) is 1. The molecule has 17 heavy (non-hydrogen) atoms. The quantitative estimate of drug-likeness (QED) is 0.565. The molecule has 0 saturated heterocycles. The highest BCUT2D eigenvalue weighted by Crippen LogP contribution is 2.38. The predicted octanol–water partition coefficient (Wildman–Crippen LogP) is -0.864. The highest BCUT2D eigenvalue weighted by molar-refractivity contribution is 5.89. The van der Waals surface area contributed by atoms with E-state index in [2.05, 4.69) is 5.32 Å². The lowest BCUT2D eigenvalue weighted by Gasteiger charge is -2.27. The molecule has 0 spiro atoms. The first-order valence-corrected chi connectivity index (χ1v) is 5.60. The van der Waals surface area contributed by atoms with Gasteiger partial charge < -0.3 is 20.4 Å². The Kier molecular flexibility index (Phi) is 4.11. The summed E-state index contributed by atoms with van der Waals surface area (Å²) in [4.78, 5) is 24.0. The van der Waals surface area contributed by atoms with Gasteiger partial charge in [0.05, 0.1) is 17.4 Å². The molecule has 1 saturated carbocycles. The minimum absolute atomic E-state index is 0.132. The molecule has 1 unspecified atom stereocenters. The third kappa shape index (κ3) is 4.32. The summed E-state index contributed by atoms with van der Waals surface area (Å²) in [5.74, 6) is -2.18. The molecular formula is C11H20N2O4. The molecule has 3 N–H and O–H groups in total. The third-order valence-corrected chi connectivity index (χ3v) is 2.74. The Bertz CT molecular complexity index is 315. The average molecular weight is 244 g/mol. The fraction of sp³-hybridized carbons (Fsp3) is 0.818. The van der Waals surface area contributed by atoms with Crippen LogP contribution in [0.15, 0.2) is 0 Å². The number of aliphatic hydroxyl groups is 1. The van der Waals surface area contributed by atoms with E-state index >= 15 is 0 Å². The standard InChI is InChI=1S/C11H20N2O4/c1-11(17,6-13(2)3)5-12-9(14)7-4-8(7)10(15)16/h7-8,17H,4-6H2,1-3H3,(H,12,14)(H,15,16)/t7-,8+,11?/m1/s1. The monoisotopic (exact) mass is 244 g/mol. The fourth-order valence-corrected chi connectivity index (χ4v) is 1.90. The van der Waals surface area contributed by atoms with Crippen LogP contribution in [0.25, 0.3) is 0 Å². The number of likely N-dealkylation sites (N-methyl/N-ethyl adjacent to an activating group) is 1. The summed E-state index contributed by atoms with van der Waals surface area (Å²) in [5, 5.41) is 21.2. The Balaban J connectivity index is 2.32. The highest BCUT2D eigenvalue weighted by Gasteiger charge is 2.48. The van der Waals surface area contributed by atoms with Crippen LogP contribution in [0.4, 0.5) is 0 Å². The second-order valence-electron chi connectivity index (χ2n) is 5.24. The first-order valence-electron chi connectivity index (χ1n) is 5.60. The van der Waals surface area contributed by atoms with Gasteiger partial charge in [0, 0.05) is 13.1 Å². The number of hydrogen-bond donors (Lipinski definition) is 3. The van der Waals surface area contributed by atoms with Gasteiger partial charge >= 0.3 is 5.97 Å². The molecule has 6 nitrogen and oxygen atoms in total. The fourth-order valence-electron chi connectivity index (χ4n) is 1.90. The first-order chi connectivity index (χ1) is 7.73. The third-order valence-electron chi connectivity index (χ3n) is 2.74. The lowest BCUT2D eigenvalue weighted by molar-refractivity contribution is -0.140. The summed E-state index contributed by atoms with van der Waals surface area (Å²) in [5.41, 5.74) is -1.01. The number of amides is 1. The highest BCUT2D eigenvalue weighted by atomic mass is 16.4. The lowest BCUT2D eigenvalue weighted by Crippen LogP contribution is -2.47. The molecule has 1 aliphatic carbocycles. The van der Waals surface area contributed by atoms with Crippen LogP contribution in [-0.2, 0) is 9.59 Å². The van der Waals surface area contributed by atoms with Gasteiger partial charge in [0.2, 0.25) is 5.91 Å². The van der Waals surface area contributed by atoms with Crippen molar-refractivity contribution in [1.82, 2.24) is 10.2 Å². The van der Waals surface area contributed by atoms with E-state index < -0.39 is 23.4 Å². The Morgan fingerprint density at radius 3 is 2.41 bits per heavy atom. The Labute approximate surface area is 101 Å². The van der Waals surface area contributed by atoms with E-state index in [1.807, 2.05) is 19.0 Å². The van der Waals surface area contributed by atoms with Crippen molar-refractivity contribution >= 4 is 11.9 Å². The number of nitrogens with one attached hydrogen (secondary N) is 1. The molecule has 0 heterocycles. The van der Waals surface area contributed by atoms with Crippen LogP contribution in [0.1, 0.15) is 13.3 Å². The summed E-state index contributed by atoms with van der Waals surface area (Å²) < 4.78 is 0. The van der Waals surface area contributed by atoms with Crippen LogP contribution < -0.4 is 5.32 Å². The summed E-state index contributed by atoms with van der Waals surface area (Å²) in [6.45, 7) is 2.20. The second-order valence-corrected chi connectivity index (χ2v) is 5.24. The molecule has 1 rings (SSSR count). The summed E-state index contributed by atoms with van der Waals surface area (Å²) >= 11 is 0. The molecule has 98 valence electrons. The smallest absolute Gasteiger partial charge is 0.307 e. The van der Waals surface area contributed by atoms with Crippen LogP contribution in [0.3, 0.4) is 0 Å². The van der Waals surface area contributed by atoms with Crippen molar-refractivity contribution in [2.75, 3.05) is 27.2 Å². The minimum atomic E-state index is -1.01. The first kappa shape index (κ1) is 13.9. The van der Waals surface area contributed by atoms with Gasteiger partial charge in [-0.05, 0) is 27.4 Å². The van der Waals surface area contributed by atoms with Crippen molar-refractivity contribution in [2.24, 2.45) is 11.8 Å². The largest absolute Gasteiger partial charge is 0.481 e. The zero-order valence-corrected chi connectivity index (χ0v) is 10.4. The SMILES string of the molecule is CN(C)CC(C)(O)CNC(=O)[C@@H]1C[C@@H]1C(=O)O. The molecule has 0 radical (unpaired) electrons. The molecule has 0 aromatic rings. The van der Waals surface area contributed by atoms with Gasteiger partial charge in [-0.1, -0.05) is 0 Å². The molecule has 1 fully saturated rings. The van der Waals surface area contributed by atoms with Crippen molar-refractivity contribution in [3.63, 3.8) is 0 Å². The van der Waals surface area contributed by atoms with E-state index in [1.165, 1.54) is 0 Å². The van der Waals surface area contributed by atoms with Crippen LogP contribution in [-0.4, -0.2) is 59.8 Å². The van der Waals surface area contributed by atoms with Crippen molar-refractivity contribution in [3.8, 4) is 0 Å². The number of hydrogen-bond acceptors (Lipinski definition) is 4. The van der Waals surface area contributed by atoms with Crippen molar-refractivity contribution in [2.45, 2.75) is 18.9 Å². The van der Waals surface area contributed by atoms with E-state index in [-0.39, 0.29) is 12.5 Å². The maximum Gasteiger partial charge on any atom is 0.307 e. The Hall–Kier alpha value is -1.14. The van der Waals surface area contributed by atoms with Gasteiger partial charge in [-0.3, -0.25) is 9.59 Å². The summed E-state index contributed by atoms with van der Waals surface area (Å²) in [6.07, 6.45) is 0.400. The number of carboxylic acids is 1. The maximum atomic E-state index is 11.6. The van der Waals surface area contributed by atoms with E-state index in [4.69, 9.17) is 5.11 Å². The Morgan fingerprint density at radius 1 is 1.41 bits per heavy atom. The molecule has 0 aromatic carbocycles. The summed E-state index contributed by atoms with van der Waals surface area (Å²) in [6, 6.07) is 0. The second kappa shape index (κ2) is 5.01. The van der Waals surface area contributed by atoms with Crippen LogP contribution >= 0.6 is 0 Å². The normalized spacial score (nSPS) is 26.4. The Morgan fingerprint density at radius 2 is 2.00 bits per heavy atom. The van der Waals surface area contributed by atoms with Gasteiger partial charge in [-0.15, -0.1) is 0 Å². The molecule has 1 aliphatic rings. The number of carbonyl (C=O) groups is 2. The zero-order valence-electron chi connectivity index (χ0n) is 10.4. The topological polar surface area (TPSA) is 89.9 Å².